The van der Waals surface area contributed by atoms with E-state index in [2.05, 4.69) is 29.0 Å². The van der Waals surface area contributed by atoms with E-state index in [1.165, 1.54) is 26.6 Å². The molecular formula is C17H32N4O2. The average Bonchev–Trinajstić information content (AvgIpc) is 3.06. The lowest BCUT2D eigenvalue weighted by molar-refractivity contribution is -0.146. The van der Waals surface area contributed by atoms with Gasteiger partial charge in [0.05, 0.1) is 13.0 Å². The fourth-order valence-electron chi connectivity index (χ4n) is 3.48. The van der Waals surface area contributed by atoms with Gasteiger partial charge >= 0.3 is 5.97 Å². The Morgan fingerprint density at radius 3 is 2.52 bits per heavy atom. The van der Waals surface area contributed by atoms with Gasteiger partial charge in [0, 0.05) is 32.7 Å². The van der Waals surface area contributed by atoms with E-state index in [0.717, 1.165) is 51.5 Å². The van der Waals surface area contributed by atoms with Crippen molar-refractivity contribution in [3.63, 3.8) is 0 Å². The summed E-state index contributed by atoms with van der Waals surface area (Å²) >= 11 is 0. The highest BCUT2D eigenvalue weighted by molar-refractivity contribution is 5.80. The van der Waals surface area contributed by atoms with Crippen molar-refractivity contribution in [1.29, 1.82) is 0 Å². The zero-order valence-electron chi connectivity index (χ0n) is 14.9. The SMILES string of the molecule is CCNC(=NCC1CCN(CC)C1)N1CCC(C(=O)OC)CC1. The van der Waals surface area contributed by atoms with Gasteiger partial charge in [-0.3, -0.25) is 9.79 Å². The number of nitrogens with zero attached hydrogens (tertiary/aromatic N) is 3. The van der Waals surface area contributed by atoms with E-state index >= 15 is 0 Å². The number of esters is 1. The van der Waals surface area contributed by atoms with Crippen LogP contribution in [0.2, 0.25) is 0 Å². The van der Waals surface area contributed by atoms with Crippen LogP contribution in [-0.2, 0) is 9.53 Å². The van der Waals surface area contributed by atoms with Gasteiger partial charge in [0.1, 0.15) is 0 Å². The Morgan fingerprint density at radius 1 is 1.22 bits per heavy atom. The summed E-state index contributed by atoms with van der Waals surface area (Å²) in [5, 5.41) is 3.41. The quantitative estimate of drug-likeness (QED) is 0.467. The smallest absolute Gasteiger partial charge is 0.308 e. The minimum absolute atomic E-state index is 0.0482. The first-order valence-electron chi connectivity index (χ1n) is 9.01. The normalized spacial score (nSPS) is 24.0. The van der Waals surface area contributed by atoms with Gasteiger partial charge in [-0.1, -0.05) is 6.92 Å². The number of guanidine groups is 1. The Labute approximate surface area is 140 Å². The summed E-state index contributed by atoms with van der Waals surface area (Å²) in [6.07, 6.45) is 2.95. The summed E-state index contributed by atoms with van der Waals surface area (Å²) in [4.78, 5) is 21.3. The Bertz CT molecular complexity index is 405. The number of aliphatic imine (C=N–C) groups is 1. The van der Waals surface area contributed by atoms with Crippen molar-refractivity contribution >= 4 is 11.9 Å². The number of likely N-dealkylation sites (tertiary alicyclic amines) is 2. The number of hydrogen-bond acceptors (Lipinski definition) is 4. The molecule has 1 N–H and O–H groups in total. The van der Waals surface area contributed by atoms with Crippen molar-refractivity contribution in [3.05, 3.63) is 0 Å². The Kier molecular flexibility index (Phi) is 7.15. The number of piperidine rings is 1. The lowest BCUT2D eigenvalue weighted by Gasteiger charge is -2.33. The van der Waals surface area contributed by atoms with Crippen LogP contribution < -0.4 is 5.32 Å². The molecule has 2 aliphatic rings. The van der Waals surface area contributed by atoms with Gasteiger partial charge in [-0.05, 0) is 45.2 Å². The third-order valence-corrected chi connectivity index (χ3v) is 4.98. The lowest BCUT2D eigenvalue weighted by Crippen LogP contribution is -2.46. The molecule has 0 aromatic heterocycles. The molecule has 132 valence electrons. The van der Waals surface area contributed by atoms with Crippen LogP contribution in [0, 0.1) is 11.8 Å². The molecule has 6 heteroatoms. The predicted molar refractivity (Wildman–Crippen MR) is 92.5 cm³/mol. The molecule has 2 saturated heterocycles. The van der Waals surface area contributed by atoms with Crippen LogP contribution in [0.1, 0.15) is 33.1 Å². The molecule has 2 aliphatic heterocycles. The third kappa shape index (κ3) is 5.09. The van der Waals surface area contributed by atoms with Crippen LogP contribution in [0.15, 0.2) is 4.99 Å². The maximum Gasteiger partial charge on any atom is 0.308 e. The van der Waals surface area contributed by atoms with Crippen molar-refractivity contribution in [2.24, 2.45) is 16.8 Å². The molecule has 0 bridgehead atoms. The minimum Gasteiger partial charge on any atom is -0.469 e. The minimum atomic E-state index is -0.0720. The van der Waals surface area contributed by atoms with E-state index < -0.39 is 0 Å². The van der Waals surface area contributed by atoms with Crippen LogP contribution in [0.3, 0.4) is 0 Å². The van der Waals surface area contributed by atoms with Gasteiger partial charge in [0.2, 0.25) is 0 Å². The van der Waals surface area contributed by atoms with Crippen LogP contribution in [0.25, 0.3) is 0 Å². The summed E-state index contributed by atoms with van der Waals surface area (Å²) in [7, 11) is 1.47. The molecule has 2 fully saturated rings. The van der Waals surface area contributed by atoms with E-state index in [0.29, 0.717) is 5.92 Å². The van der Waals surface area contributed by atoms with Crippen molar-refractivity contribution in [2.45, 2.75) is 33.1 Å². The number of nitrogens with one attached hydrogen (secondary N) is 1. The predicted octanol–water partition coefficient (Wildman–Crippen LogP) is 1.18. The Balaban J connectivity index is 1.86. The van der Waals surface area contributed by atoms with Gasteiger partial charge in [-0.25, -0.2) is 0 Å². The van der Waals surface area contributed by atoms with Gasteiger partial charge < -0.3 is 19.9 Å². The molecule has 0 aromatic carbocycles. The second-order valence-corrected chi connectivity index (χ2v) is 6.53. The summed E-state index contributed by atoms with van der Waals surface area (Å²) in [5.41, 5.74) is 0. The van der Waals surface area contributed by atoms with Gasteiger partial charge in [-0.15, -0.1) is 0 Å². The van der Waals surface area contributed by atoms with E-state index in [4.69, 9.17) is 9.73 Å². The molecule has 0 aromatic rings. The van der Waals surface area contributed by atoms with E-state index in [9.17, 15) is 4.79 Å². The topological polar surface area (TPSA) is 57.2 Å². The third-order valence-electron chi connectivity index (χ3n) is 4.98. The van der Waals surface area contributed by atoms with Crippen LogP contribution in [-0.4, -0.2) is 74.7 Å². The van der Waals surface area contributed by atoms with E-state index in [-0.39, 0.29) is 11.9 Å². The maximum absolute atomic E-state index is 11.6. The van der Waals surface area contributed by atoms with Gasteiger partial charge in [0.25, 0.3) is 0 Å². The zero-order chi connectivity index (χ0) is 16.7. The standard InChI is InChI=1S/C17H32N4O2/c1-4-18-17(19-12-14-6-9-20(5-2)13-14)21-10-7-15(8-11-21)16(22)23-3/h14-15H,4-13H2,1-3H3,(H,18,19). The molecular weight excluding hydrogens is 292 g/mol. The molecule has 0 radical (unpaired) electrons. The van der Waals surface area contributed by atoms with Crippen molar-refractivity contribution in [3.8, 4) is 0 Å². The van der Waals surface area contributed by atoms with Crippen LogP contribution in [0.4, 0.5) is 0 Å². The highest BCUT2D eigenvalue weighted by Gasteiger charge is 2.27. The average molecular weight is 324 g/mol. The molecule has 2 heterocycles. The molecule has 0 amide bonds. The Morgan fingerprint density at radius 2 is 1.96 bits per heavy atom. The number of carbonyl (C=O) groups excluding carboxylic acids is 1. The first kappa shape index (κ1) is 18.0. The first-order chi connectivity index (χ1) is 11.2. The summed E-state index contributed by atoms with van der Waals surface area (Å²) in [6, 6.07) is 0. The number of hydrogen-bond donors (Lipinski definition) is 1. The van der Waals surface area contributed by atoms with Gasteiger partial charge in [0.15, 0.2) is 5.96 Å². The molecule has 0 saturated carbocycles. The highest BCUT2D eigenvalue weighted by Crippen LogP contribution is 2.19. The highest BCUT2D eigenvalue weighted by atomic mass is 16.5. The van der Waals surface area contributed by atoms with E-state index in [1.807, 2.05) is 0 Å². The maximum atomic E-state index is 11.6. The lowest BCUT2D eigenvalue weighted by atomic mass is 9.97. The zero-order valence-corrected chi connectivity index (χ0v) is 14.9. The fraction of sp³-hybridized carbons (Fsp3) is 0.882. The molecule has 6 nitrogen and oxygen atoms in total. The molecule has 0 spiro atoms. The number of methoxy groups -OCH3 is 1. The monoisotopic (exact) mass is 324 g/mol. The molecule has 23 heavy (non-hydrogen) atoms. The number of rotatable bonds is 5. The number of carbonyl (C=O) groups is 1. The summed E-state index contributed by atoms with van der Waals surface area (Å²) in [6.45, 7) is 11.4. The molecule has 1 atom stereocenters. The number of ether oxygens (including phenoxy) is 1. The summed E-state index contributed by atoms with van der Waals surface area (Å²) in [5.74, 6) is 1.66. The van der Waals surface area contributed by atoms with Gasteiger partial charge in [-0.2, -0.15) is 0 Å². The fourth-order valence-corrected chi connectivity index (χ4v) is 3.48. The first-order valence-corrected chi connectivity index (χ1v) is 9.01. The van der Waals surface area contributed by atoms with Crippen LogP contribution >= 0.6 is 0 Å². The second kappa shape index (κ2) is 9.11. The molecule has 2 rings (SSSR count). The van der Waals surface area contributed by atoms with Crippen molar-refractivity contribution in [2.75, 3.05) is 52.9 Å². The molecule has 0 aliphatic carbocycles. The van der Waals surface area contributed by atoms with Crippen molar-refractivity contribution < 1.29 is 9.53 Å². The molecule has 1 unspecified atom stereocenters. The van der Waals surface area contributed by atoms with E-state index in [1.54, 1.807) is 0 Å². The van der Waals surface area contributed by atoms with Crippen molar-refractivity contribution in [1.82, 2.24) is 15.1 Å². The Hall–Kier alpha value is -1.30. The second-order valence-electron chi connectivity index (χ2n) is 6.53. The van der Waals surface area contributed by atoms with Crippen LogP contribution in [0.5, 0.6) is 0 Å². The largest absolute Gasteiger partial charge is 0.469 e. The summed E-state index contributed by atoms with van der Waals surface area (Å²) < 4.78 is 4.86.